The number of hydrogen-bond donors (Lipinski definition) is 1. The number of benzene rings is 1. The van der Waals surface area contributed by atoms with Gasteiger partial charge < -0.3 is 14.2 Å². The van der Waals surface area contributed by atoms with Gasteiger partial charge in [0.25, 0.3) is 5.91 Å². The number of fused-ring (bicyclic) bond motifs is 2. The van der Waals surface area contributed by atoms with E-state index in [-0.39, 0.29) is 31.2 Å². The number of halogens is 1. The Morgan fingerprint density at radius 1 is 1.09 bits per heavy atom. The molecule has 2 aromatic heterocycles. The first kappa shape index (κ1) is 21.7. The number of imidazole rings is 1. The maximum Gasteiger partial charge on any atom is 0.255 e. The van der Waals surface area contributed by atoms with Gasteiger partial charge in [0.1, 0.15) is 17.5 Å². The summed E-state index contributed by atoms with van der Waals surface area (Å²) in [6, 6.07) is 6.13. The lowest BCUT2D eigenvalue weighted by molar-refractivity contribution is -0.136. The summed E-state index contributed by atoms with van der Waals surface area (Å²) >= 11 is 0. The molecule has 6 rings (SSSR count). The van der Waals surface area contributed by atoms with Crippen LogP contribution in [0.15, 0.2) is 42.9 Å². The minimum Gasteiger partial charge on any atom is -0.369 e. The van der Waals surface area contributed by atoms with E-state index in [2.05, 4.69) is 26.2 Å². The van der Waals surface area contributed by atoms with Crippen molar-refractivity contribution < 1.29 is 18.8 Å². The van der Waals surface area contributed by atoms with E-state index < -0.39 is 17.8 Å². The van der Waals surface area contributed by atoms with Crippen molar-refractivity contribution in [2.75, 3.05) is 31.1 Å². The van der Waals surface area contributed by atoms with E-state index in [0.29, 0.717) is 24.3 Å². The van der Waals surface area contributed by atoms with Gasteiger partial charge in [-0.05, 0) is 24.6 Å². The summed E-state index contributed by atoms with van der Waals surface area (Å²) < 4.78 is 16.6. The molecule has 1 unspecified atom stereocenters. The molecule has 3 amide bonds. The van der Waals surface area contributed by atoms with Gasteiger partial charge in [-0.1, -0.05) is 6.07 Å². The Morgan fingerprint density at radius 2 is 1.91 bits per heavy atom. The minimum absolute atomic E-state index is 0.187. The number of carbonyl (C=O) groups excluding carboxylic acids is 3. The van der Waals surface area contributed by atoms with Crippen molar-refractivity contribution in [1.82, 2.24) is 24.5 Å². The summed E-state index contributed by atoms with van der Waals surface area (Å²) in [7, 11) is 0. The monoisotopic (exact) mass is 476 g/mol. The fourth-order valence-electron chi connectivity index (χ4n) is 5.41. The minimum atomic E-state index is -0.717. The summed E-state index contributed by atoms with van der Waals surface area (Å²) in [5, 5.41) is 2.31. The number of pyridine rings is 1. The number of rotatable bonds is 4. The van der Waals surface area contributed by atoms with E-state index in [1.807, 2.05) is 22.9 Å². The van der Waals surface area contributed by atoms with Crippen LogP contribution in [-0.2, 0) is 22.7 Å². The molecule has 5 heterocycles. The maximum atomic E-state index is 14.6. The second-order valence-corrected chi connectivity index (χ2v) is 9.31. The van der Waals surface area contributed by atoms with Crippen LogP contribution in [0.4, 0.5) is 10.1 Å². The van der Waals surface area contributed by atoms with Crippen LogP contribution in [-0.4, -0.2) is 69.1 Å². The molecular formula is C25H25FN6O3. The number of nitrogens with one attached hydrogen (secondary N) is 1. The normalized spacial score (nSPS) is 21.1. The average Bonchev–Trinajstić information content (AvgIpc) is 3.45. The molecule has 3 aliphatic rings. The van der Waals surface area contributed by atoms with E-state index in [9.17, 15) is 18.8 Å². The maximum absolute atomic E-state index is 14.6. The van der Waals surface area contributed by atoms with Crippen LogP contribution in [0.3, 0.4) is 0 Å². The third kappa shape index (κ3) is 3.83. The van der Waals surface area contributed by atoms with Gasteiger partial charge in [-0.15, -0.1) is 0 Å². The molecule has 0 aliphatic carbocycles. The van der Waals surface area contributed by atoms with Crippen molar-refractivity contribution in [1.29, 1.82) is 0 Å². The van der Waals surface area contributed by atoms with E-state index >= 15 is 0 Å². The predicted molar refractivity (Wildman–Crippen MR) is 125 cm³/mol. The van der Waals surface area contributed by atoms with Crippen LogP contribution in [0.1, 0.15) is 34.3 Å². The number of aromatic nitrogens is 2. The Morgan fingerprint density at radius 3 is 2.71 bits per heavy atom. The lowest BCUT2D eigenvalue weighted by atomic mass is 10.0. The molecule has 3 aliphatic heterocycles. The topological polar surface area (TPSA) is 90.3 Å². The van der Waals surface area contributed by atoms with Crippen molar-refractivity contribution in [2.24, 2.45) is 0 Å². The molecule has 0 saturated carbocycles. The molecule has 10 heteroatoms. The zero-order valence-corrected chi connectivity index (χ0v) is 19.1. The van der Waals surface area contributed by atoms with Crippen LogP contribution < -0.4 is 10.2 Å². The van der Waals surface area contributed by atoms with E-state index in [0.717, 1.165) is 36.4 Å². The highest BCUT2D eigenvalue weighted by Gasteiger charge is 2.41. The number of piperidine rings is 1. The number of nitrogens with zero attached hydrogens (tertiary/aromatic N) is 5. The number of piperazine rings is 1. The molecule has 2 saturated heterocycles. The second kappa shape index (κ2) is 8.46. The van der Waals surface area contributed by atoms with Gasteiger partial charge in [-0.25, -0.2) is 9.37 Å². The van der Waals surface area contributed by atoms with E-state index in [4.69, 9.17) is 0 Å². The van der Waals surface area contributed by atoms with Crippen molar-refractivity contribution in [2.45, 2.75) is 32.0 Å². The molecule has 3 aromatic rings. The van der Waals surface area contributed by atoms with Gasteiger partial charge in [0.05, 0.1) is 0 Å². The van der Waals surface area contributed by atoms with Crippen molar-refractivity contribution in [3.05, 3.63) is 65.4 Å². The molecule has 9 nitrogen and oxygen atoms in total. The highest BCUT2D eigenvalue weighted by atomic mass is 19.1. The van der Waals surface area contributed by atoms with Gasteiger partial charge in [0.15, 0.2) is 0 Å². The van der Waals surface area contributed by atoms with Crippen LogP contribution in [0, 0.1) is 5.82 Å². The predicted octanol–water partition coefficient (Wildman–Crippen LogP) is 1.56. The number of anilines is 1. The summed E-state index contributed by atoms with van der Waals surface area (Å²) in [6.45, 7) is 3.98. The number of hydrogen-bond acceptors (Lipinski definition) is 6. The largest absolute Gasteiger partial charge is 0.369 e. The Hall–Kier alpha value is -3.79. The third-order valence-corrected chi connectivity index (χ3v) is 7.20. The average molecular weight is 477 g/mol. The van der Waals surface area contributed by atoms with Gasteiger partial charge in [-0.2, -0.15) is 0 Å². The number of imide groups is 1. The zero-order chi connectivity index (χ0) is 24.1. The first-order chi connectivity index (χ1) is 17.0. The first-order valence-electron chi connectivity index (χ1n) is 11.8. The Kier molecular flexibility index (Phi) is 5.25. The van der Waals surface area contributed by atoms with Crippen LogP contribution >= 0.6 is 0 Å². The smallest absolute Gasteiger partial charge is 0.255 e. The summed E-state index contributed by atoms with van der Waals surface area (Å²) in [5.74, 6) is -1.62. The molecular weight excluding hydrogens is 451 g/mol. The van der Waals surface area contributed by atoms with E-state index in [1.54, 1.807) is 6.20 Å². The molecule has 0 spiro atoms. The molecule has 0 radical (unpaired) electrons. The SMILES string of the molecule is O=C1CCC(N2Cc3c(cc(F)cc3N3CCN(Cc4cccn5ccnc45)CC3)C2=O)C(=O)N1. The molecule has 0 bridgehead atoms. The third-order valence-electron chi connectivity index (χ3n) is 7.20. The quantitative estimate of drug-likeness (QED) is 0.575. The molecule has 180 valence electrons. The van der Waals surface area contributed by atoms with Gasteiger partial charge >= 0.3 is 0 Å². The van der Waals surface area contributed by atoms with Gasteiger partial charge in [0.2, 0.25) is 11.8 Å². The Balaban J connectivity index is 1.19. The van der Waals surface area contributed by atoms with Crippen molar-refractivity contribution in [3.63, 3.8) is 0 Å². The summed E-state index contributed by atoms with van der Waals surface area (Å²) in [5.41, 5.74) is 3.86. The van der Waals surface area contributed by atoms with Crippen LogP contribution in [0.5, 0.6) is 0 Å². The first-order valence-corrected chi connectivity index (χ1v) is 11.8. The van der Waals surface area contributed by atoms with E-state index in [1.165, 1.54) is 17.0 Å². The highest BCUT2D eigenvalue weighted by molar-refractivity contribution is 6.06. The molecule has 35 heavy (non-hydrogen) atoms. The molecule has 1 atom stereocenters. The fourth-order valence-corrected chi connectivity index (χ4v) is 5.41. The lowest BCUT2D eigenvalue weighted by Gasteiger charge is -2.37. The Labute approximate surface area is 201 Å². The molecule has 1 aromatic carbocycles. The fraction of sp³-hybridized carbons (Fsp3) is 0.360. The van der Waals surface area contributed by atoms with Crippen LogP contribution in [0.25, 0.3) is 5.65 Å². The summed E-state index contributed by atoms with van der Waals surface area (Å²) in [4.78, 5) is 47.4. The highest BCUT2D eigenvalue weighted by Crippen LogP contribution is 2.35. The number of carbonyl (C=O) groups is 3. The molecule has 1 N–H and O–H groups in total. The standard InChI is InChI=1S/C25H25FN6O3/c26-17-12-18-19(15-32(25(18)35)20-3-4-22(33)28-24(20)34)21(13-17)30-10-8-29(9-11-30)14-16-2-1-6-31-7-5-27-23(16)31/h1-2,5-7,12-13,20H,3-4,8-11,14-15H2,(H,28,33,34). The number of amides is 3. The van der Waals surface area contributed by atoms with Crippen molar-refractivity contribution in [3.8, 4) is 0 Å². The van der Waals surface area contributed by atoms with Gasteiger partial charge in [0, 0.05) is 86.7 Å². The Bertz CT molecular complexity index is 1350. The second-order valence-electron chi connectivity index (χ2n) is 9.31. The molecule has 2 fully saturated rings. The summed E-state index contributed by atoms with van der Waals surface area (Å²) in [6.07, 6.45) is 6.17. The zero-order valence-electron chi connectivity index (χ0n) is 19.1. The van der Waals surface area contributed by atoms with Gasteiger partial charge in [-0.3, -0.25) is 24.6 Å². The lowest BCUT2D eigenvalue weighted by Crippen LogP contribution is -2.52. The van der Waals surface area contributed by atoms with Crippen molar-refractivity contribution >= 4 is 29.1 Å². The van der Waals surface area contributed by atoms with Crippen LogP contribution in [0.2, 0.25) is 0 Å².